The second-order valence-corrected chi connectivity index (χ2v) is 5.84. The number of hydrogen-bond acceptors (Lipinski definition) is 3. The summed E-state index contributed by atoms with van der Waals surface area (Å²) in [5, 5.41) is 1.40. The first kappa shape index (κ1) is 14.5. The van der Waals surface area contributed by atoms with Gasteiger partial charge < -0.3 is 4.42 Å². The van der Waals surface area contributed by atoms with Crippen LogP contribution in [-0.4, -0.2) is 0 Å². The predicted octanol–water partition coefficient (Wildman–Crippen LogP) is 4.54. The van der Waals surface area contributed by atoms with Crippen LogP contribution in [0.25, 0.3) is 11.0 Å². The molecule has 2 aromatic carbocycles. The predicted molar refractivity (Wildman–Crippen MR) is 84.5 cm³/mol. The zero-order valence-corrected chi connectivity index (χ0v) is 13.1. The van der Waals surface area contributed by atoms with Crippen LogP contribution in [0.3, 0.4) is 0 Å². The minimum Gasteiger partial charge on any atom is -0.457 e. The molecule has 3 rings (SSSR count). The summed E-state index contributed by atoms with van der Waals surface area (Å²) in [6, 6.07) is 11.7. The lowest BCUT2D eigenvalue weighted by atomic mass is 10.0. The molecule has 21 heavy (non-hydrogen) atoms. The molecule has 0 aliphatic rings. The van der Waals surface area contributed by atoms with Crippen molar-refractivity contribution in [1.82, 2.24) is 5.43 Å². The Kier molecular flexibility index (Phi) is 3.99. The lowest BCUT2D eigenvalue weighted by Gasteiger charge is -2.14. The second-order valence-electron chi connectivity index (χ2n) is 4.58. The van der Waals surface area contributed by atoms with Crippen LogP contribution in [-0.2, 0) is 0 Å². The van der Waals surface area contributed by atoms with Crippen molar-refractivity contribution in [1.29, 1.82) is 0 Å². The molecule has 6 heteroatoms. The smallest absolute Gasteiger partial charge is 0.152 e. The third kappa shape index (κ3) is 2.70. The fraction of sp³-hybridized carbons (Fsp3) is 0.0667. The minimum absolute atomic E-state index is 0.359. The standard InChI is InChI=1S/C15H11BrClFN2O/c16-10-5-4-8(6-12(10)18)14(20-19)13-7-9-2-1-3-11(17)15(9)21-13/h1-7,14,20H,19H2. The topological polar surface area (TPSA) is 51.2 Å². The third-order valence-electron chi connectivity index (χ3n) is 3.24. The van der Waals surface area contributed by atoms with Gasteiger partial charge in [0.05, 0.1) is 9.50 Å². The number of nitrogens with two attached hydrogens (primary N) is 1. The fourth-order valence-electron chi connectivity index (χ4n) is 2.22. The van der Waals surface area contributed by atoms with Crippen LogP contribution in [0.2, 0.25) is 5.02 Å². The summed E-state index contributed by atoms with van der Waals surface area (Å²) < 4.78 is 19.9. The van der Waals surface area contributed by atoms with Crippen molar-refractivity contribution in [2.45, 2.75) is 6.04 Å². The van der Waals surface area contributed by atoms with E-state index >= 15 is 0 Å². The summed E-state index contributed by atoms with van der Waals surface area (Å²) in [5.74, 6) is 5.82. The van der Waals surface area contributed by atoms with E-state index < -0.39 is 6.04 Å². The van der Waals surface area contributed by atoms with E-state index in [-0.39, 0.29) is 5.82 Å². The number of rotatable bonds is 3. The number of hydrazine groups is 1. The van der Waals surface area contributed by atoms with Crippen LogP contribution in [0.15, 0.2) is 51.4 Å². The Labute approximate surface area is 134 Å². The summed E-state index contributed by atoms with van der Waals surface area (Å²) >= 11 is 9.23. The first-order valence-electron chi connectivity index (χ1n) is 6.19. The van der Waals surface area contributed by atoms with E-state index in [1.165, 1.54) is 6.07 Å². The van der Waals surface area contributed by atoms with Gasteiger partial charge in [-0.05, 0) is 45.8 Å². The lowest BCUT2D eigenvalue weighted by molar-refractivity contribution is 0.475. The largest absolute Gasteiger partial charge is 0.457 e. The molecule has 0 saturated heterocycles. The summed E-state index contributed by atoms with van der Waals surface area (Å²) in [5.41, 5.74) is 3.89. The number of fused-ring (bicyclic) bond motifs is 1. The van der Waals surface area contributed by atoms with Crippen molar-refractivity contribution in [2.75, 3.05) is 0 Å². The van der Waals surface area contributed by atoms with Gasteiger partial charge in [0.2, 0.25) is 0 Å². The molecule has 3 N–H and O–H groups in total. The summed E-state index contributed by atoms with van der Waals surface area (Å²) in [6.45, 7) is 0. The van der Waals surface area contributed by atoms with Gasteiger partial charge in [0, 0.05) is 5.39 Å². The van der Waals surface area contributed by atoms with Crippen LogP contribution in [0.5, 0.6) is 0 Å². The molecule has 3 aromatic rings. The molecule has 0 aliphatic heterocycles. The van der Waals surface area contributed by atoms with Gasteiger partial charge in [0.15, 0.2) is 5.58 Å². The first-order chi connectivity index (χ1) is 10.1. The minimum atomic E-state index is -0.462. The number of furan rings is 1. The highest BCUT2D eigenvalue weighted by molar-refractivity contribution is 9.10. The monoisotopic (exact) mass is 368 g/mol. The number of nitrogens with one attached hydrogen (secondary N) is 1. The number of para-hydroxylation sites is 1. The maximum atomic E-state index is 13.7. The molecule has 1 aromatic heterocycles. The Morgan fingerprint density at radius 2 is 2.05 bits per heavy atom. The van der Waals surface area contributed by atoms with Crippen molar-refractivity contribution in [2.24, 2.45) is 5.84 Å². The molecule has 0 fully saturated rings. The highest BCUT2D eigenvalue weighted by Gasteiger charge is 2.19. The van der Waals surface area contributed by atoms with Crippen molar-refractivity contribution in [3.63, 3.8) is 0 Å². The Morgan fingerprint density at radius 3 is 2.71 bits per heavy atom. The van der Waals surface area contributed by atoms with Gasteiger partial charge in [-0.1, -0.05) is 29.8 Å². The Hall–Kier alpha value is -1.40. The average Bonchev–Trinajstić information content (AvgIpc) is 2.89. The molecule has 0 saturated carbocycles. The van der Waals surface area contributed by atoms with Crippen LogP contribution >= 0.6 is 27.5 Å². The number of halogens is 3. The molecule has 1 heterocycles. The average molecular weight is 370 g/mol. The fourth-order valence-corrected chi connectivity index (χ4v) is 2.69. The van der Waals surface area contributed by atoms with Crippen molar-refractivity contribution >= 4 is 38.5 Å². The van der Waals surface area contributed by atoms with Gasteiger partial charge in [0.1, 0.15) is 17.6 Å². The molecular formula is C15H11BrClFN2O. The van der Waals surface area contributed by atoms with Crippen molar-refractivity contribution < 1.29 is 8.81 Å². The molecule has 0 spiro atoms. The van der Waals surface area contributed by atoms with E-state index in [0.717, 1.165) is 5.39 Å². The van der Waals surface area contributed by atoms with Gasteiger partial charge >= 0.3 is 0 Å². The SMILES string of the molecule is NNC(c1ccc(Br)c(F)c1)c1cc2cccc(Cl)c2o1. The maximum Gasteiger partial charge on any atom is 0.152 e. The van der Waals surface area contributed by atoms with Crippen molar-refractivity contribution in [3.05, 3.63) is 69.1 Å². The van der Waals surface area contributed by atoms with Crippen molar-refractivity contribution in [3.8, 4) is 0 Å². The van der Waals surface area contributed by atoms with Gasteiger partial charge in [-0.15, -0.1) is 0 Å². The van der Waals surface area contributed by atoms with Gasteiger partial charge in [-0.3, -0.25) is 5.84 Å². The highest BCUT2D eigenvalue weighted by Crippen LogP contribution is 2.32. The Bertz CT molecular complexity index is 805. The summed E-state index contributed by atoms with van der Waals surface area (Å²) in [4.78, 5) is 0. The normalized spacial score (nSPS) is 12.8. The lowest BCUT2D eigenvalue weighted by Crippen LogP contribution is -2.28. The molecule has 0 amide bonds. The number of hydrogen-bond donors (Lipinski definition) is 2. The van der Waals surface area contributed by atoms with Gasteiger partial charge in [-0.25, -0.2) is 9.82 Å². The molecule has 1 unspecified atom stereocenters. The molecule has 1 atom stereocenters. The summed E-state index contributed by atoms with van der Waals surface area (Å²) in [6.07, 6.45) is 0. The molecule has 3 nitrogen and oxygen atoms in total. The van der Waals surface area contributed by atoms with E-state index in [4.69, 9.17) is 21.9 Å². The van der Waals surface area contributed by atoms with Crippen LogP contribution in [0.1, 0.15) is 17.4 Å². The molecular weight excluding hydrogens is 359 g/mol. The van der Waals surface area contributed by atoms with Crippen LogP contribution in [0.4, 0.5) is 4.39 Å². The van der Waals surface area contributed by atoms with E-state index in [9.17, 15) is 4.39 Å². The molecule has 0 bridgehead atoms. The zero-order chi connectivity index (χ0) is 15.0. The molecule has 0 aliphatic carbocycles. The highest BCUT2D eigenvalue weighted by atomic mass is 79.9. The Morgan fingerprint density at radius 1 is 1.24 bits per heavy atom. The second kappa shape index (κ2) is 5.77. The molecule has 108 valence electrons. The third-order valence-corrected chi connectivity index (χ3v) is 4.18. The quantitative estimate of drug-likeness (QED) is 0.526. The maximum absolute atomic E-state index is 13.7. The Balaban J connectivity index is 2.09. The first-order valence-corrected chi connectivity index (χ1v) is 7.36. The van der Waals surface area contributed by atoms with Crippen LogP contribution in [0, 0.1) is 5.82 Å². The zero-order valence-electron chi connectivity index (χ0n) is 10.7. The van der Waals surface area contributed by atoms with E-state index in [0.29, 0.717) is 26.4 Å². The van der Waals surface area contributed by atoms with Gasteiger partial charge in [0.25, 0.3) is 0 Å². The van der Waals surface area contributed by atoms with E-state index in [2.05, 4.69) is 21.4 Å². The van der Waals surface area contributed by atoms with Crippen LogP contribution < -0.4 is 11.3 Å². The van der Waals surface area contributed by atoms with E-state index in [1.54, 1.807) is 18.2 Å². The number of benzene rings is 2. The summed E-state index contributed by atoms with van der Waals surface area (Å²) in [7, 11) is 0. The van der Waals surface area contributed by atoms with E-state index in [1.807, 2.05) is 18.2 Å². The molecule has 0 radical (unpaired) electrons. The van der Waals surface area contributed by atoms with Gasteiger partial charge in [-0.2, -0.15) is 0 Å².